The van der Waals surface area contributed by atoms with Gasteiger partial charge >= 0.3 is 5.97 Å². The van der Waals surface area contributed by atoms with Crippen molar-refractivity contribution in [1.82, 2.24) is 9.97 Å². The fourth-order valence-corrected chi connectivity index (χ4v) is 4.05. The van der Waals surface area contributed by atoms with Gasteiger partial charge in [-0.1, -0.05) is 6.07 Å². The minimum absolute atomic E-state index is 0.0188. The number of pyridine rings is 2. The van der Waals surface area contributed by atoms with Crippen LogP contribution in [0.25, 0.3) is 11.3 Å². The Morgan fingerprint density at radius 2 is 1.97 bits per heavy atom. The van der Waals surface area contributed by atoms with Gasteiger partial charge in [0.15, 0.2) is 0 Å². The number of benzene rings is 1. The average molecular weight is 427 g/mol. The molecule has 1 aromatic carbocycles. The maximum Gasteiger partial charge on any atom is 0.337 e. The summed E-state index contributed by atoms with van der Waals surface area (Å²) in [6.45, 7) is 3.56. The van der Waals surface area contributed by atoms with E-state index in [9.17, 15) is 9.59 Å². The average Bonchev–Trinajstić information content (AvgIpc) is 2.79. The molecule has 2 N–H and O–H groups in total. The topological polar surface area (TPSA) is 119 Å². The molecule has 2 aromatic heterocycles. The van der Waals surface area contributed by atoms with E-state index in [1.165, 1.54) is 18.5 Å². The number of rotatable bonds is 4. The molecule has 0 unspecified atom stereocenters. The van der Waals surface area contributed by atoms with E-state index in [-0.39, 0.29) is 23.6 Å². The predicted molar refractivity (Wildman–Crippen MR) is 119 cm³/mol. The quantitative estimate of drug-likeness (QED) is 0.645. The largest absolute Gasteiger partial charge is 0.478 e. The highest BCUT2D eigenvalue weighted by Crippen LogP contribution is 2.40. The summed E-state index contributed by atoms with van der Waals surface area (Å²) in [5.74, 6) is -0.428. The van der Waals surface area contributed by atoms with Gasteiger partial charge in [-0.15, -0.1) is 0 Å². The Kier molecular flexibility index (Phi) is 5.56. The van der Waals surface area contributed by atoms with Crippen LogP contribution in [0.1, 0.15) is 47.8 Å². The fraction of sp³-hybridized carbons (Fsp3) is 0.208. The van der Waals surface area contributed by atoms with Crippen LogP contribution in [0.5, 0.6) is 0 Å². The zero-order chi connectivity index (χ0) is 22.8. The maximum atomic E-state index is 12.4. The van der Waals surface area contributed by atoms with Crippen LogP contribution in [0, 0.1) is 11.3 Å². The maximum absolute atomic E-state index is 12.4. The lowest BCUT2D eigenvalue weighted by Crippen LogP contribution is -2.43. The molecular weight excluding hydrogens is 406 g/mol. The number of carboxylic acid groups (broad SMARTS) is 1. The van der Waals surface area contributed by atoms with E-state index >= 15 is 0 Å². The Labute approximate surface area is 185 Å². The van der Waals surface area contributed by atoms with Gasteiger partial charge in [0.25, 0.3) is 0 Å². The highest BCUT2D eigenvalue weighted by Gasteiger charge is 2.33. The minimum Gasteiger partial charge on any atom is -0.478 e. The fourth-order valence-electron chi connectivity index (χ4n) is 4.05. The molecule has 0 saturated carbocycles. The Morgan fingerprint density at radius 3 is 2.56 bits per heavy atom. The smallest absolute Gasteiger partial charge is 0.337 e. The van der Waals surface area contributed by atoms with Crippen molar-refractivity contribution in [2.75, 3.05) is 10.2 Å². The second kappa shape index (κ2) is 8.47. The lowest BCUT2D eigenvalue weighted by atomic mass is 9.89. The highest BCUT2D eigenvalue weighted by molar-refractivity contribution is 5.94. The van der Waals surface area contributed by atoms with E-state index in [1.807, 2.05) is 25.1 Å². The number of hydrogen-bond donors (Lipinski definition) is 2. The number of carboxylic acids is 1. The second-order valence-corrected chi connectivity index (χ2v) is 7.73. The Morgan fingerprint density at radius 1 is 1.16 bits per heavy atom. The molecule has 2 atom stereocenters. The number of hydrogen-bond acceptors (Lipinski definition) is 6. The molecule has 3 heterocycles. The van der Waals surface area contributed by atoms with Crippen molar-refractivity contribution in [1.29, 1.82) is 5.26 Å². The number of nitriles is 1. The van der Waals surface area contributed by atoms with Crippen molar-refractivity contribution in [2.24, 2.45) is 0 Å². The number of amides is 1. The van der Waals surface area contributed by atoms with Crippen LogP contribution in [0.15, 0.2) is 54.9 Å². The van der Waals surface area contributed by atoms with Gasteiger partial charge in [0, 0.05) is 36.6 Å². The monoisotopic (exact) mass is 427 g/mol. The minimum atomic E-state index is -1.03. The third-order valence-electron chi connectivity index (χ3n) is 5.54. The molecule has 1 aliphatic heterocycles. The molecule has 4 rings (SSSR count). The Hall–Kier alpha value is -4.25. The number of nitrogens with zero attached hydrogens (tertiary/aromatic N) is 4. The van der Waals surface area contributed by atoms with Gasteiger partial charge in [0.05, 0.1) is 22.9 Å². The van der Waals surface area contributed by atoms with E-state index in [1.54, 1.807) is 30.0 Å². The number of carbonyl (C=O) groups is 2. The molecule has 8 heteroatoms. The van der Waals surface area contributed by atoms with Crippen LogP contribution in [0.4, 0.5) is 11.5 Å². The van der Waals surface area contributed by atoms with Crippen molar-refractivity contribution >= 4 is 23.4 Å². The summed E-state index contributed by atoms with van der Waals surface area (Å²) in [7, 11) is 0. The Balaban J connectivity index is 1.74. The number of aromatic nitrogens is 2. The number of anilines is 2. The molecule has 0 radical (unpaired) electrons. The van der Waals surface area contributed by atoms with Gasteiger partial charge < -0.3 is 15.3 Å². The van der Waals surface area contributed by atoms with E-state index in [0.29, 0.717) is 23.5 Å². The first-order valence-electron chi connectivity index (χ1n) is 10.1. The number of carbonyl (C=O) groups excluding carboxylic acids is 1. The van der Waals surface area contributed by atoms with E-state index in [0.717, 1.165) is 16.8 Å². The molecule has 0 bridgehead atoms. The normalized spacial score (nSPS) is 17.2. The van der Waals surface area contributed by atoms with Crippen LogP contribution < -0.4 is 10.2 Å². The summed E-state index contributed by atoms with van der Waals surface area (Å²) in [5, 5.41) is 21.5. The van der Waals surface area contributed by atoms with Gasteiger partial charge in [-0.25, -0.2) is 9.78 Å². The second-order valence-electron chi connectivity index (χ2n) is 7.73. The van der Waals surface area contributed by atoms with Crippen LogP contribution in [0.2, 0.25) is 0 Å². The number of nitrogens with one attached hydrogen (secondary N) is 1. The van der Waals surface area contributed by atoms with Gasteiger partial charge in [0.1, 0.15) is 11.9 Å². The van der Waals surface area contributed by atoms with E-state index in [4.69, 9.17) is 10.4 Å². The standard InChI is InChI=1S/C24H21N5O3/c1-14-9-21(28-23-8-3-16(11-25)12-27-23)19-10-17(5-7-22(19)29(14)15(2)30)20-6-4-18(13-26-20)24(31)32/h3-8,10,12-14,21H,9H2,1-2H3,(H,27,28)(H,31,32)/t14-,21-/m0/s1. The summed E-state index contributed by atoms with van der Waals surface area (Å²) in [6, 6.07) is 14.3. The molecule has 1 aliphatic rings. The molecule has 8 nitrogen and oxygen atoms in total. The van der Waals surface area contributed by atoms with Gasteiger partial charge in [-0.05, 0) is 55.3 Å². The Bertz CT molecular complexity index is 1220. The zero-order valence-electron chi connectivity index (χ0n) is 17.6. The number of fused-ring (bicyclic) bond motifs is 1. The van der Waals surface area contributed by atoms with E-state index in [2.05, 4.69) is 21.4 Å². The molecule has 1 amide bonds. The molecule has 0 spiro atoms. The van der Waals surface area contributed by atoms with Crippen molar-refractivity contribution in [3.05, 3.63) is 71.5 Å². The summed E-state index contributed by atoms with van der Waals surface area (Å²) in [5.41, 5.74) is 3.79. The van der Waals surface area contributed by atoms with Crippen LogP contribution in [-0.4, -0.2) is 33.0 Å². The summed E-state index contributed by atoms with van der Waals surface area (Å²) < 4.78 is 0. The van der Waals surface area contributed by atoms with Crippen molar-refractivity contribution in [3.63, 3.8) is 0 Å². The van der Waals surface area contributed by atoms with Crippen molar-refractivity contribution in [2.45, 2.75) is 32.4 Å². The first-order valence-corrected chi connectivity index (χ1v) is 10.1. The van der Waals surface area contributed by atoms with Crippen molar-refractivity contribution in [3.8, 4) is 17.3 Å². The lowest BCUT2D eigenvalue weighted by Gasteiger charge is -2.39. The third kappa shape index (κ3) is 4.01. The van der Waals surface area contributed by atoms with Crippen LogP contribution in [0.3, 0.4) is 0 Å². The van der Waals surface area contributed by atoms with E-state index < -0.39 is 5.97 Å². The third-order valence-corrected chi connectivity index (χ3v) is 5.54. The van der Waals surface area contributed by atoms with Gasteiger partial charge in [-0.2, -0.15) is 5.26 Å². The first-order chi connectivity index (χ1) is 15.4. The summed E-state index contributed by atoms with van der Waals surface area (Å²) in [4.78, 5) is 33.9. The summed E-state index contributed by atoms with van der Waals surface area (Å²) in [6.07, 6.45) is 3.52. The van der Waals surface area contributed by atoms with Crippen LogP contribution >= 0.6 is 0 Å². The molecule has 160 valence electrons. The molecular formula is C24H21N5O3. The van der Waals surface area contributed by atoms with Gasteiger partial charge in [-0.3, -0.25) is 9.78 Å². The highest BCUT2D eigenvalue weighted by atomic mass is 16.4. The summed E-state index contributed by atoms with van der Waals surface area (Å²) >= 11 is 0. The molecule has 0 fully saturated rings. The molecule has 0 aliphatic carbocycles. The molecule has 0 saturated heterocycles. The molecule has 3 aromatic rings. The lowest BCUT2D eigenvalue weighted by molar-refractivity contribution is -0.117. The predicted octanol–water partition coefficient (Wildman–Crippen LogP) is 4.01. The molecule has 32 heavy (non-hydrogen) atoms. The van der Waals surface area contributed by atoms with Crippen LogP contribution in [-0.2, 0) is 4.79 Å². The number of aromatic carboxylic acids is 1. The SMILES string of the molecule is CC(=O)N1c2ccc(-c3ccc(C(=O)O)cn3)cc2[C@@H](Nc2ccc(C#N)cn2)C[C@@H]1C. The van der Waals surface area contributed by atoms with Crippen molar-refractivity contribution < 1.29 is 14.7 Å². The van der Waals surface area contributed by atoms with Gasteiger partial charge in [0.2, 0.25) is 5.91 Å². The first kappa shape index (κ1) is 21.0. The zero-order valence-corrected chi connectivity index (χ0v) is 17.6.